The first kappa shape index (κ1) is 27.6. The molecule has 2 aromatic carbocycles. The van der Waals surface area contributed by atoms with E-state index in [2.05, 4.69) is 16.9 Å². The van der Waals surface area contributed by atoms with Crippen LogP contribution >= 0.6 is 0 Å². The van der Waals surface area contributed by atoms with Crippen molar-refractivity contribution in [3.05, 3.63) is 71.7 Å². The lowest BCUT2D eigenvalue weighted by Gasteiger charge is -2.25. The number of nitrogens with zero attached hydrogens (tertiary/aromatic N) is 3. The van der Waals surface area contributed by atoms with Crippen LogP contribution in [-0.4, -0.2) is 54.1 Å². The number of rotatable bonds is 8. The molecule has 4 rings (SSSR count). The number of hydrogen-bond acceptors (Lipinski definition) is 7. The van der Waals surface area contributed by atoms with Gasteiger partial charge in [0.1, 0.15) is 11.5 Å². The van der Waals surface area contributed by atoms with Crippen molar-refractivity contribution in [2.24, 2.45) is 5.41 Å². The fraction of sp³-hybridized carbons (Fsp3) is 0.379. The van der Waals surface area contributed by atoms with Gasteiger partial charge in [-0.25, -0.2) is 9.78 Å². The smallest absolute Gasteiger partial charge is 0.358 e. The molecule has 1 saturated heterocycles. The van der Waals surface area contributed by atoms with Crippen LogP contribution < -0.4 is 9.47 Å². The second kappa shape index (κ2) is 12.3. The Hall–Kier alpha value is -3.94. The number of ether oxygens (including phenoxy) is 3. The predicted molar refractivity (Wildman–Crippen MR) is 142 cm³/mol. The Kier molecular flexibility index (Phi) is 9.22. The summed E-state index contributed by atoms with van der Waals surface area (Å²) in [6.45, 7) is 9.66. The third kappa shape index (κ3) is 6.84. The van der Waals surface area contributed by atoms with Gasteiger partial charge in [-0.05, 0) is 48.4 Å². The second-order valence-electron chi connectivity index (χ2n) is 9.14. The fourth-order valence-electron chi connectivity index (χ4n) is 4.20. The second-order valence-corrected chi connectivity index (χ2v) is 9.14. The Morgan fingerprint density at radius 3 is 2.46 bits per heavy atom. The maximum Gasteiger partial charge on any atom is 0.358 e. The van der Waals surface area contributed by atoms with Gasteiger partial charge in [0.15, 0.2) is 5.69 Å². The molecule has 1 atom stereocenters. The summed E-state index contributed by atoms with van der Waals surface area (Å²) in [4.78, 5) is 34.8. The standard InChI is InChI=1S/C27H29N3O5.C2H6/c1-18-11-20(22-13-28-14-23(29-22)26(32)34-4)7-10-24(18)35-17-27(2)12-25(31)30(16-27)15-19-5-8-21(33-3)9-6-19;1-2/h5-11,13-14H,12,15-17H2,1-4H3;1-2H3. The van der Waals surface area contributed by atoms with Gasteiger partial charge in [-0.1, -0.05) is 32.9 Å². The summed E-state index contributed by atoms with van der Waals surface area (Å²) in [5, 5.41) is 0. The van der Waals surface area contributed by atoms with E-state index in [1.165, 1.54) is 13.3 Å². The van der Waals surface area contributed by atoms with Gasteiger partial charge in [-0.15, -0.1) is 0 Å². The molecular weight excluding hydrogens is 470 g/mol. The number of likely N-dealkylation sites (tertiary alicyclic amines) is 1. The molecular formula is C29H35N3O5. The van der Waals surface area contributed by atoms with Gasteiger partial charge in [-0.3, -0.25) is 9.78 Å². The predicted octanol–water partition coefficient (Wildman–Crippen LogP) is 5.09. The monoisotopic (exact) mass is 505 g/mol. The maximum atomic E-state index is 12.7. The lowest BCUT2D eigenvalue weighted by Crippen LogP contribution is -2.30. The molecule has 1 fully saturated rings. The molecule has 1 aliphatic heterocycles. The third-order valence-corrected chi connectivity index (χ3v) is 6.11. The van der Waals surface area contributed by atoms with E-state index in [-0.39, 0.29) is 17.0 Å². The molecule has 0 N–H and O–H groups in total. The van der Waals surface area contributed by atoms with Gasteiger partial charge in [0, 0.05) is 30.5 Å². The van der Waals surface area contributed by atoms with Crippen LogP contribution in [0.4, 0.5) is 0 Å². The van der Waals surface area contributed by atoms with Gasteiger partial charge >= 0.3 is 5.97 Å². The van der Waals surface area contributed by atoms with Crippen LogP contribution in [0.2, 0.25) is 0 Å². The molecule has 37 heavy (non-hydrogen) atoms. The summed E-state index contributed by atoms with van der Waals surface area (Å²) in [6.07, 6.45) is 3.42. The molecule has 0 bridgehead atoms. The van der Waals surface area contributed by atoms with Crippen LogP contribution in [0.25, 0.3) is 11.3 Å². The highest BCUT2D eigenvalue weighted by molar-refractivity contribution is 5.87. The van der Waals surface area contributed by atoms with Crippen molar-refractivity contribution in [3.8, 4) is 22.8 Å². The number of carbonyl (C=O) groups is 2. The zero-order chi connectivity index (χ0) is 27.0. The van der Waals surface area contributed by atoms with E-state index in [1.807, 2.05) is 68.1 Å². The van der Waals surface area contributed by atoms with Crippen LogP contribution in [0.5, 0.6) is 11.5 Å². The van der Waals surface area contributed by atoms with E-state index in [1.54, 1.807) is 13.3 Å². The number of aryl methyl sites for hydroxylation is 1. The van der Waals surface area contributed by atoms with Gasteiger partial charge in [0.05, 0.1) is 38.9 Å². The van der Waals surface area contributed by atoms with Crippen molar-refractivity contribution in [1.29, 1.82) is 0 Å². The molecule has 1 aliphatic rings. The summed E-state index contributed by atoms with van der Waals surface area (Å²) in [7, 11) is 2.94. The highest BCUT2D eigenvalue weighted by Gasteiger charge is 2.40. The number of carbonyl (C=O) groups excluding carboxylic acids is 2. The topological polar surface area (TPSA) is 90.9 Å². The van der Waals surface area contributed by atoms with Crippen LogP contribution in [0.15, 0.2) is 54.9 Å². The van der Waals surface area contributed by atoms with E-state index < -0.39 is 5.97 Å². The summed E-state index contributed by atoms with van der Waals surface area (Å²) in [5.41, 5.74) is 3.26. The van der Waals surface area contributed by atoms with Gasteiger partial charge in [-0.2, -0.15) is 0 Å². The highest BCUT2D eigenvalue weighted by atomic mass is 16.5. The minimum atomic E-state index is -0.531. The van der Waals surface area contributed by atoms with Crippen molar-refractivity contribution in [1.82, 2.24) is 14.9 Å². The molecule has 0 radical (unpaired) electrons. The SMILES string of the molecule is CC.COC(=O)c1cncc(-c2ccc(OCC3(C)CC(=O)N(Cc4ccc(OC)cc4)C3)c(C)c2)n1. The molecule has 8 nitrogen and oxygen atoms in total. The first-order chi connectivity index (χ1) is 17.8. The molecule has 196 valence electrons. The van der Waals surface area contributed by atoms with Crippen LogP contribution in [0.3, 0.4) is 0 Å². The minimum Gasteiger partial charge on any atom is -0.497 e. The molecule has 1 unspecified atom stereocenters. The summed E-state index contributed by atoms with van der Waals surface area (Å²) in [6, 6.07) is 13.5. The number of amides is 1. The Morgan fingerprint density at radius 1 is 1.08 bits per heavy atom. The van der Waals surface area contributed by atoms with E-state index in [0.717, 1.165) is 28.2 Å². The number of hydrogen-bond donors (Lipinski definition) is 0. The Bertz CT molecular complexity index is 1230. The number of esters is 1. The molecule has 8 heteroatoms. The summed E-state index contributed by atoms with van der Waals surface area (Å²) < 4.78 is 16.1. The normalized spacial score (nSPS) is 16.6. The van der Waals surface area contributed by atoms with E-state index in [0.29, 0.717) is 31.8 Å². The quantitative estimate of drug-likeness (QED) is 0.394. The Morgan fingerprint density at radius 2 is 1.81 bits per heavy atom. The number of aromatic nitrogens is 2. The highest BCUT2D eigenvalue weighted by Crippen LogP contribution is 2.34. The molecule has 1 aromatic heterocycles. The molecule has 0 aliphatic carbocycles. The average Bonchev–Trinajstić information content (AvgIpc) is 3.21. The average molecular weight is 506 g/mol. The van der Waals surface area contributed by atoms with Crippen molar-refractivity contribution in [2.45, 2.75) is 40.7 Å². The first-order valence-corrected chi connectivity index (χ1v) is 12.3. The van der Waals surface area contributed by atoms with Crippen molar-refractivity contribution >= 4 is 11.9 Å². The number of methoxy groups -OCH3 is 2. The molecule has 2 heterocycles. The molecule has 3 aromatic rings. The molecule has 0 spiro atoms. The van der Waals surface area contributed by atoms with Crippen molar-refractivity contribution < 1.29 is 23.8 Å². The van der Waals surface area contributed by atoms with Crippen molar-refractivity contribution in [2.75, 3.05) is 27.4 Å². The van der Waals surface area contributed by atoms with Gasteiger partial charge in [0.2, 0.25) is 5.91 Å². The Labute approximate surface area is 218 Å². The maximum absolute atomic E-state index is 12.7. The van der Waals surface area contributed by atoms with E-state index >= 15 is 0 Å². The summed E-state index contributed by atoms with van der Waals surface area (Å²) >= 11 is 0. The largest absolute Gasteiger partial charge is 0.497 e. The lowest BCUT2D eigenvalue weighted by molar-refractivity contribution is -0.128. The van der Waals surface area contributed by atoms with Crippen molar-refractivity contribution in [3.63, 3.8) is 0 Å². The zero-order valence-corrected chi connectivity index (χ0v) is 22.4. The minimum absolute atomic E-state index is 0.128. The van der Waals surface area contributed by atoms with E-state index in [9.17, 15) is 9.59 Å². The lowest BCUT2D eigenvalue weighted by atomic mass is 9.91. The van der Waals surface area contributed by atoms with Crippen LogP contribution in [0, 0.1) is 12.3 Å². The summed E-state index contributed by atoms with van der Waals surface area (Å²) in [5.74, 6) is 1.14. The fourth-order valence-corrected chi connectivity index (χ4v) is 4.20. The van der Waals surface area contributed by atoms with Gasteiger partial charge < -0.3 is 19.1 Å². The van der Waals surface area contributed by atoms with Crippen LogP contribution in [-0.2, 0) is 16.1 Å². The van der Waals surface area contributed by atoms with E-state index in [4.69, 9.17) is 14.2 Å². The molecule has 0 saturated carbocycles. The zero-order valence-electron chi connectivity index (χ0n) is 22.4. The van der Waals surface area contributed by atoms with Crippen LogP contribution in [0.1, 0.15) is 48.8 Å². The third-order valence-electron chi connectivity index (χ3n) is 6.11. The Balaban J connectivity index is 0.00000186. The number of benzene rings is 2. The van der Waals surface area contributed by atoms with Gasteiger partial charge in [0.25, 0.3) is 0 Å². The first-order valence-electron chi connectivity index (χ1n) is 12.3. The molecule has 1 amide bonds.